The van der Waals surface area contributed by atoms with Crippen LogP contribution in [0.15, 0.2) is 72.9 Å². The number of likely N-dealkylation sites (N-methyl/N-ethyl adjacent to an activating group) is 1. The molecular weight excluding hydrogens is 1010 g/mol. The molecule has 0 aliphatic heterocycles. The lowest BCUT2D eigenvalue weighted by Crippen LogP contribution is -2.47. The number of phosphoric acid groups is 1. The molecule has 0 heterocycles. The highest BCUT2D eigenvalue weighted by molar-refractivity contribution is 7.47. The van der Waals surface area contributed by atoms with Crippen molar-refractivity contribution in [1.29, 1.82) is 0 Å². The maximum Gasteiger partial charge on any atom is 0.472 e. The van der Waals surface area contributed by atoms with Gasteiger partial charge in [0.25, 0.3) is 0 Å². The van der Waals surface area contributed by atoms with Gasteiger partial charge in [0.1, 0.15) is 19.3 Å². The van der Waals surface area contributed by atoms with Crippen LogP contribution in [0.2, 0.25) is 0 Å². The summed E-state index contributed by atoms with van der Waals surface area (Å²) in [6.07, 6.45) is 78.0. The molecule has 0 aliphatic rings. The molecule has 0 saturated carbocycles. The third kappa shape index (κ3) is 60.1. The summed E-state index contributed by atoms with van der Waals surface area (Å²) in [4.78, 5) is 37.8. The highest BCUT2D eigenvalue weighted by Gasteiger charge is 2.30. The molecule has 0 rings (SSSR count). The number of hydrogen-bond donors (Lipinski definition) is 2. The summed E-state index contributed by atoms with van der Waals surface area (Å²) in [6.45, 7) is 6.87. The van der Waals surface area contributed by atoms with Gasteiger partial charge in [-0.25, -0.2) is 4.57 Å². The Hall–Kier alpha value is -2.55. The van der Waals surface area contributed by atoms with Gasteiger partial charge in [-0.15, -0.1) is 0 Å². The van der Waals surface area contributed by atoms with E-state index in [2.05, 4.69) is 80.8 Å². The lowest BCUT2D eigenvalue weighted by Gasteiger charge is -2.27. The molecule has 0 bridgehead atoms. The number of nitrogens with zero attached hydrogens (tertiary/aromatic N) is 1. The normalized spacial score (nSPS) is 14.0. The fourth-order valence-corrected chi connectivity index (χ4v) is 10.5. The van der Waals surface area contributed by atoms with E-state index in [0.717, 1.165) is 70.6 Å². The van der Waals surface area contributed by atoms with Gasteiger partial charge in [-0.1, -0.05) is 306 Å². The summed E-state index contributed by atoms with van der Waals surface area (Å²) < 4.78 is 30.7. The van der Waals surface area contributed by atoms with Crippen LogP contribution in [0, 0.1) is 0 Å². The number of rotatable bonds is 61. The van der Waals surface area contributed by atoms with E-state index in [1.165, 1.54) is 199 Å². The second-order valence-electron chi connectivity index (χ2n) is 24.0. The summed E-state index contributed by atoms with van der Waals surface area (Å²) in [5.74, 6) is -0.592. The van der Waals surface area contributed by atoms with E-state index in [1.54, 1.807) is 0 Å². The van der Waals surface area contributed by atoms with Gasteiger partial charge in [0.15, 0.2) is 0 Å². The molecule has 10 heteroatoms. The maximum atomic E-state index is 13.5. The number of esters is 1. The van der Waals surface area contributed by atoms with Crippen LogP contribution in [0.4, 0.5) is 0 Å². The van der Waals surface area contributed by atoms with Gasteiger partial charge in [-0.2, -0.15) is 0 Å². The number of phosphoric ester groups is 1. The highest BCUT2D eigenvalue weighted by Crippen LogP contribution is 2.43. The minimum Gasteiger partial charge on any atom is -0.456 e. The molecule has 3 atom stereocenters. The number of hydrogen-bond acceptors (Lipinski definition) is 6. The van der Waals surface area contributed by atoms with E-state index in [-0.39, 0.29) is 37.9 Å². The van der Waals surface area contributed by atoms with Crippen LogP contribution >= 0.6 is 7.82 Å². The molecule has 0 aromatic heterocycles. The Morgan fingerprint density at radius 1 is 0.450 bits per heavy atom. The standard InChI is InChI=1S/C70H129N2O7P/c1-7-10-13-16-19-22-25-28-30-32-33-34-35-36-37-38-39-40-42-45-48-51-54-57-60-63-70(74)79-68(61-58-55-52-49-46-43-27-24-21-18-15-12-9-3)67(66-78-80(75,76)77-65-64-72(4,5)6)71-69(73)62-59-56-53-50-47-44-41-31-29-26-23-20-17-14-11-8-2/h11,14,20,23,29,31,44,47,53,56,58,61,67-68H,7-10,12-13,15-19,21-22,24-28,30,32-43,45-46,48-52,54-55,57,59-60,62-66H2,1-6H3,(H-,71,73,75,76)/p+1/b14-11+,23-20+,31-29+,47-44+,56-53+,61-58-. The molecule has 0 aliphatic carbocycles. The van der Waals surface area contributed by atoms with Crippen LogP contribution in [0.1, 0.15) is 310 Å². The van der Waals surface area contributed by atoms with Crippen molar-refractivity contribution in [3.8, 4) is 0 Å². The van der Waals surface area contributed by atoms with Gasteiger partial charge in [-0.05, 0) is 63.9 Å². The predicted molar refractivity (Wildman–Crippen MR) is 346 cm³/mol. The molecule has 80 heavy (non-hydrogen) atoms. The van der Waals surface area contributed by atoms with Crippen molar-refractivity contribution in [2.45, 2.75) is 322 Å². The van der Waals surface area contributed by atoms with Gasteiger partial charge in [0.05, 0.1) is 33.8 Å². The Labute approximate surface area is 495 Å². The molecule has 2 N–H and O–H groups in total. The summed E-state index contributed by atoms with van der Waals surface area (Å²) in [7, 11) is 1.46. The van der Waals surface area contributed by atoms with Crippen molar-refractivity contribution in [2.24, 2.45) is 0 Å². The average molecular weight is 1140 g/mol. The van der Waals surface area contributed by atoms with Crippen LogP contribution < -0.4 is 5.32 Å². The molecule has 0 aromatic carbocycles. The van der Waals surface area contributed by atoms with Crippen molar-refractivity contribution in [3.63, 3.8) is 0 Å². The molecular formula is C70H130N2O7P+. The number of ether oxygens (including phenoxy) is 1. The number of amides is 1. The first kappa shape index (κ1) is 77.5. The summed E-state index contributed by atoms with van der Waals surface area (Å²) in [5.41, 5.74) is 0. The quantitative estimate of drug-likeness (QED) is 0.0205. The molecule has 0 aromatic rings. The Bertz CT molecular complexity index is 1600. The fraction of sp³-hybridized carbons (Fsp3) is 0.800. The first-order chi connectivity index (χ1) is 38.9. The van der Waals surface area contributed by atoms with E-state index in [0.29, 0.717) is 17.4 Å². The van der Waals surface area contributed by atoms with E-state index >= 15 is 0 Å². The van der Waals surface area contributed by atoms with Crippen LogP contribution in [-0.2, 0) is 27.9 Å². The van der Waals surface area contributed by atoms with E-state index < -0.39 is 20.0 Å². The summed E-state index contributed by atoms with van der Waals surface area (Å²) >= 11 is 0. The number of carbonyl (C=O) groups excluding carboxylic acids is 2. The topological polar surface area (TPSA) is 111 Å². The lowest BCUT2D eigenvalue weighted by atomic mass is 10.0. The molecule has 9 nitrogen and oxygen atoms in total. The lowest BCUT2D eigenvalue weighted by molar-refractivity contribution is -0.870. The van der Waals surface area contributed by atoms with Gasteiger partial charge < -0.3 is 19.4 Å². The van der Waals surface area contributed by atoms with Crippen molar-refractivity contribution in [1.82, 2.24) is 5.32 Å². The maximum absolute atomic E-state index is 13.5. The van der Waals surface area contributed by atoms with Crippen molar-refractivity contribution in [3.05, 3.63) is 72.9 Å². The largest absolute Gasteiger partial charge is 0.472 e. The minimum atomic E-state index is -4.47. The summed E-state index contributed by atoms with van der Waals surface area (Å²) in [6, 6.07) is -0.889. The zero-order chi connectivity index (χ0) is 58.6. The monoisotopic (exact) mass is 1140 g/mol. The van der Waals surface area contributed by atoms with Crippen LogP contribution in [0.3, 0.4) is 0 Å². The Kier molecular flexibility index (Phi) is 57.7. The van der Waals surface area contributed by atoms with E-state index in [9.17, 15) is 19.0 Å². The third-order valence-corrected chi connectivity index (χ3v) is 15.9. The predicted octanol–water partition coefficient (Wildman–Crippen LogP) is 21.2. The minimum absolute atomic E-state index is 0.0262. The third-order valence-electron chi connectivity index (χ3n) is 14.9. The van der Waals surface area contributed by atoms with Crippen LogP contribution in [-0.4, -0.2) is 74.3 Å². The first-order valence-corrected chi connectivity index (χ1v) is 35.3. The number of carbonyl (C=O) groups is 2. The molecule has 0 spiro atoms. The molecule has 0 fully saturated rings. The van der Waals surface area contributed by atoms with Crippen molar-refractivity contribution >= 4 is 19.7 Å². The number of unbranched alkanes of at least 4 members (excludes halogenated alkanes) is 35. The molecule has 1 amide bonds. The molecule has 3 unspecified atom stereocenters. The van der Waals surface area contributed by atoms with Gasteiger partial charge in [0, 0.05) is 12.8 Å². The highest BCUT2D eigenvalue weighted by atomic mass is 31.2. The zero-order valence-corrected chi connectivity index (χ0v) is 54.2. The number of quaternary nitrogens is 1. The van der Waals surface area contributed by atoms with Crippen molar-refractivity contribution in [2.75, 3.05) is 40.9 Å². The SMILES string of the molecule is CC/C=C/C/C=C/C/C=C/C/C=C/C/C=C/CCC(=O)NC(COP(=O)(O)OCC[N+](C)(C)C)C(/C=C\CCCCCCCCCCCCC)OC(=O)CCCCCCCCCCCCCCCCCCCCCCCCCCC. The second-order valence-corrected chi connectivity index (χ2v) is 25.4. The second kappa shape index (κ2) is 59.6. The van der Waals surface area contributed by atoms with E-state index in [4.69, 9.17) is 13.8 Å². The average Bonchev–Trinajstić information content (AvgIpc) is 3.42. The molecule has 0 saturated heterocycles. The van der Waals surface area contributed by atoms with Crippen molar-refractivity contribution < 1.29 is 37.3 Å². The van der Waals surface area contributed by atoms with E-state index in [1.807, 2.05) is 39.4 Å². The van der Waals surface area contributed by atoms with Gasteiger partial charge in [0.2, 0.25) is 5.91 Å². The first-order valence-electron chi connectivity index (χ1n) is 33.8. The summed E-state index contributed by atoms with van der Waals surface area (Å²) in [5, 5.41) is 3.01. The van der Waals surface area contributed by atoms with Crippen LogP contribution in [0.5, 0.6) is 0 Å². The zero-order valence-electron chi connectivity index (χ0n) is 53.3. The smallest absolute Gasteiger partial charge is 0.456 e. The Morgan fingerprint density at radius 3 is 1.20 bits per heavy atom. The van der Waals surface area contributed by atoms with Crippen LogP contribution in [0.25, 0.3) is 0 Å². The Balaban J connectivity index is 5.16. The molecule has 466 valence electrons. The molecule has 0 radical (unpaired) electrons. The van der Waals surface area contributed by atoms with Gasteiger partial charge in [-0.3, -0.25) is 18.6 Å². The Morgan fingerprint density at radius 2 is 0.812 bits per heavy atom. The fourth-order valence-electron chi connectivity index (χ4n) is 9.75. The number of nitrogens with one attached hydrogen (secondary N) is 1. The number of allylic oxidation sites excluding steroid dienone is 11. The van der Waals surface area contributed by atoms with Gasteiger partial charge >= 0.3 is 13.8 Å².